The number of fused-ring (bicyclic) bond motifs is 1. The Morgan fingerprint density at radius 2 is 1.81 bits per heavy atom. The Kier molecular flexibility index (Phi) is 3.62. The SMILES string of the molecule is Cc1cc(C(=O)C2CCCc3ccccc32)cc(C)c1F. The molecule has 1 aliphatic carbocycles. The molecular formula is C19H19FO. The molecular weight excluding hydrogens is 263 g/mol. The number of aryl methyl sites for hydroxylation is 3. The van der Waals surface area contributed by atoms with Crippen LogP contribution in [0.2, 0.25) is 0 Å². The van der Waals surface area contributed by atoms with E-state index in [-0.39, 0.29) is 17.5 Å². The predicted molar refractivity (Wildman–Crippen MR) is 82.3 cm³/mol. The van der Waals surface area contributed by atoms with Gasteiger partial charge < -0.3 is 0 Å². The summed E-state index contributed by atoms with van der Waals surface area (Å²) < 4.78 is 13.7. The van der Waals surface area contributed by atoms with Gasteiger partial charge in [-0.3, -0.25) is 4.79 Å². The van der Waals surface area contributed by atoms with E-state index < -0.39 is 0 Å². The first kappa shape index (κ1) is 14.0. The Hall–Kier alpha value is -1.96. The molecule has 0 heterocycles. The van der Waals surface area contributed by atoms with E-state index in [1.54, 1.807) is 26.0 Å². The number of hydrogen-bond donors (Lipinski definition) is 0. The average molecular weight is 282 g/mol. The second-order valence-corrected chi connectivity index (χ2v) is 5.93. The Morgan fingerprint density at radius 1 is 1.14 bits per heavy atom. The summed E-state index contributed by atoms with van der Waals surface area (Å²) in [5.74, 6) is -0.178. The molecule has 0 aromatic heterocycles. The molecule has 1 nitrogen and oxygen atoms in total. The minimum absolute atomic E-state index is 0.0841. The van der Waals surface area contributed by atoms with Gasteiger partial charge in [0.05, 0.1) is 0 Å². The fourth-order valence-corrected chi connectivity index (χ4v) is 3.32. The lowest BCUT2D eigenvalue weighted by molar-refractivity contribution is 0.0950. The molecule has 2 aromatic carbocycles. The van der Waals surface area contributed by atoms with Gasteiger partial charge in [0.2, 0.25) is 0 Å². The van der Waals surface area contributed by atoms with Crippen LogP contribution in [-0.4, -0.2) is 5.78 Å². The summed E-state index contributed by atoms with van der Waals surface area (Å²) >= 11 is 0. The van der Waals surface area contributed by atoms with Crippen LogP contribution in [0.1, 0.15) is 51.4 Å². The zero-order chi connectivity index (χ0) is 15.0. The number of ketones is 1. The molecule has 0 N–H and O–H groups in total. The van der Waals surface area contributed by atoms with Crippen LogP contribution in [0.25, 0.3) is 0 Å². The highest BCUT2D eigenvalue weighted by Gasteiger charge is 2.27. The lowest BCUT2D eigenvalue weighted by Crippen LogP contribution is -2.19. The lowest BCUT2D eigenvalue weighted by Gasteiger charge is -2.24. The van der Waals surface area contributed by atoms with Crippen molar-refractivity contribution in [3.8, 4) is 0 Å². The second-order valence-electron chi connectivity index (χ2n) is 5.93. The summed E-state index contributed by atoms with van der Waals surface area (Å²) in [5.41, 5.74) is 4.14. The molecule has 108 valence electrons. The highest BCUT2D eigenvalue weighted by Crippen LogP contribution is 2.34. The minimum Gasteiger partial charge on any atom is -0.293 e. The fraction of sp³-hybridized carbons (Fsp3) is 0.316. The lowest BCUT2D eigenvalue weighted by atomic mass is 9.78. The summed E-state index contributed by atoms with van der Waals surface area (Å²) in [6.45, 7) is 3.43. The van der Waals surface area contributed by atoms with Crippen molar-refractivity contribution in [3.05, 3.63) is 70.0 Å². The molecule has 0 bridgehead atoms. The Balaban J connectivity index is 2.00. The van der Waals surface area contributed by atoms with Crippen molar-refractivity contribution in [2.24, 2.45) is 0 Å². The van der Waals surface area contributed by atoms with E-state index in [4.69, 9.17) is 0 Å². The van der Waals surface area contributed by atoms with Crippen LogP contribution in [0.4, 0.5) is 4.39 Å². The molecule has 2 aromatic rings. The first-order chi connectivity index (χ1) is 10.1. The third-order valence-electron chi connectivity index (χ3n) is 4.41. The third kappa shape index (κ3) is 2.51. The van der Waals surface area contributed by atoms with Crippen LogP contribution in [0.5, 0.6) is 0 Å². The molecule has 0 spiro atoms. The maximum Gasteiger partial charge on any atom is 0.170 e. The highest BCUT2D eigenvalue weighted by molar-refractivity contribution is 6.01. The van der Waals surface area contributed by atoms with Gasteiger partial charge in [0.15, 0.2) is 5.78 Å². The Labute approximate surface area is 124 Å². The predicted octanol–water partition coefficient (Wildman–Crippen LogP) is 4.75. The topological polar surface area (TPSA) is 17.1 Å². The number of carbonyl (C=O) groups is 1. The standard InChI is InChI=1S/C19H19FO/c1-12-10-15(11-13(2)18(12)20)19(21)17-9-5-7-14-6-3-4-8-16(14)17/h3-4,6,8,10-11,17H,5,7,9H2,1-2H3. The van der Waals surface area contributed by atoms with Crippen LogP contribution >= 0.6 is 0 Å². The van der Waals surface area contributed by atoms with E-state index in [1.807, 2.05) is 12.1 Å². The monoisotopic (exact) mass is 282 g/mol. The maximum atomic E-state index is 13.7. The summed E-state index contributed by atoms with van der Waals surface area (Å²) in [5, 5.41) is 0. The first-order valence-electron chi connectivity index (χ1n) is 7.46. The average Bonchev–Trinajstić information content (AvgIpc) is 2.51. The molecule has 0 fully saturated rings. The number of carbonyl (C=O) groups excluding carboxylic acids is 1. The number of rotatable bonds is 2. The summed E-state index contributed by atoms with van der Waals surface area (Å²) in [6.07, 6.45) is 2.96. The molecule has 0 aliphatic heterocycles. The van der Waals surface area contributed by atoms with Crippen molar-refractivity contribution >= 4 is 5.78 Å². The molecule has 1 aliphatic rings. The molecule has 2 heteroatoms. The van der Waals surface area contributed by atoms with Gasteiger partial charge in [-0.2, -0.15) is 0 Å². The summed E-state index contributed by atoms with van der Waals surface area (Å²) in [4.78, 5) is 12.9. The van der Waals surface area contributed by atoms with Crippen LogP contribution in [0.3, 0.4) is 0 Å². The van der Waals surface area contributed by atoms with Gasteiger partial charge in [-0.15, -0.1) is 0 Å². The Bertz CT molecular complexity index is 679. The number of benzene rings is 2. The van der Waals surface area contributed by atoms with Crippen molar-refractivity contribution in [1.82, 2.24) is 0 Å². The Morgan fingerprint density at radius 3 is 2.52 bits per heavy atom. The van der Waals surface area contributed by atoms with Gasteiger partial charge in [0.1, 0.15) is 5.82 Å². The minimum atomic E-state index is -0.212. The van der Waals surface area contributed by atoms with E-state index in [9.17, 15) is 9.18 Å². The van der Waals surface area contributed by atoms with E-state index >= 15 is 0 Å². The molecule has 21 heavy (non-hydrogen) atoms. The third-order valence-corrected chi connectivity index (χ3v) is 4.41. The number of hydrogen-bond acceptors (Lipinski definition) is 1. The van der Waals surface area contributed by atoms with E-state index in [2.05, 4.69) is 12.1 Å². The molecule has 0 amide bonds. The number of Topliss-reactive ketones (excluding diaryl/α,β-unsaturated/α-hetero) is 1. The van der Waals surface area contributed by atoms with Crippen molar-refractivity contribution < 1.29 is 9.18 Å². The van der Waals surface area contributed by atoms with Gasteiger partial charge in [-0.1, -0.05) is 24.3 Å². The molecule has 0 saturated heterocycles. The van der Waals surface area contributed by atoms with Gasteiger partial charge in [-0.05, 0) is 67.5 Å². The van der Waals surface area contributed by atoms with Crippen molar-refractivity contribution in [1.29, 1.82) is 0 Å². The van der Waals surface area contributed by atoms with E-state index in [0.717, 1.165) is 24.8 Å². The fourth-order valence-electron chi connectivity index (χ4n) is 3.32. The molecule has 1 atom stereocenters. The summed E-state index contributed by atoms with van der Waals surface area (Å²) in [6, 6.07) is 11.5. The molecule has 0 saturated carbocycles. The van der Waals surface area contributed by atoms with Crippen LogP contribution in [0.15, 0.2) is 36.4 Å². The smallest absolute Gasteiger partial charge is 0.170 e. The van der Waals surface area contributed by atoms with Gasteiger partial charge >= 0.3 is 0 Å². The summed E-state index contributed by atoms with van der Waals surface area (Å²) in [7, 11) is 0. The first-order valence-corrected chi connectivity index (χ1v) is 7.46. The van der Waals surface area contributed by atoms with Crippen molar-refractivity contribution in [3.63, 3.8) is 0 Å². The van der Waals surface area contributed by atoms with Gasteiger partial charge in [0, 0.05) is 11.5 Å². The van der Waals surface area contributed by atoms with Crippen molar-refractivity contribution in [2.75, 3.05) is 0 Å². The number of halogens is 1. The normalized spacial score (nSPS) is 17.4. The molecule has 3 rings (SSSR count). The second kappa shape index (κ2) is 5.44. The highest BCUT2D eigenvalue weighted by atomic mass is 19.1. The maximum absolute atomic E-state index is 13.7. The van der Waals surface area contributed by atoms with E-state index in [1.165, 1.54) is 5.56 Å². The van der Waals surface area contributed by atoms with E-state index in [0.29, 0.717) is 16.7 Å². The zero-order valence-electron chi connectivity index (χ0n) is 12.4. The largest absolute Gasteiger partial charge is 0.293 e. The van der Waals surface area contributed by atoms with Crippen LogP contribution in [-0.2, 0) is 6.42 Å². The quantitative estimate of drug-likeness (QED) is 0.727. The van der Waals surface area contributed by atoms with Crippen LogP contribution in [0, 0.1) is 19.7 Å². The molecule has 1 unspecified atom stereocenters. The van der Waals surface area contributed by atoms with Crippen molar-refractivity contribution in [2.45, 2.75) is 39.0 Å². The van der Waals surface area contributed by atoms with Crippen LogP contribution < -0.4 is 0 Å². The zero-order valence-corrected chi connectivity index (χ0v) is 12.4. The van der Waals surface area contributed by atoms with Gasteiger partial charge in [0.25, 0.3) is 0 Å². The van der Waals surface area contributed by atoms with Gasteiger partial charge in [-0.25, -0.2) is 4.39 Å². The molecule has 0 radical (unpaired) electrons.